The zero-order chi connectivity index (χ0) is 14.3. The number of aryl methyl sites for hydroxylation is 1. The van der Waals surface area contributed by atoms with Crippen LogP contribution < -0.4 is 0 Å². The Kier molecular flexibility index (Phi) is 2.86. The predicted molar refractivity (Wildman–Crippen MR) is 70.7 cm³/mol. The standard InChI is InChI=1S/C16H10F2O2/c1-9-11-4-2-3-5-14(11)20-16(9)15(19)12-8-10(17)6-7-13(12)18/h2-8H,1H3. The van der Waals surface area contributed by atoms with Crippen LogP contribution in [0.25, 0.3) is 11.0 Å². The van der Waals surface area contributed by atoms with Gasteiger partial charge in [0, 0.05) is 10.9 Å². The van der Waals surface area contributed by atoms with E-state index in [4.69, 9.17) is 4.42 Å². The van der Waals surface area contributed by atoms with E-state index in [-0.39, 0.29) is 11.3 Å². The van der Waals surface area contributed by atoms with Gasteiger partial charge in [-0.05, 0) is 31.2 Å². The van der Waals surface area contributed by atoms with Crippen molar-refractivity contribution < 1.29 is 18.0 Å². The Morgan fingerprint density at radius 1 is 1.10 bits per heavy atom. The normalized spacial score (nSPS) is 10.9. The van der Waals surface area contributed by atoms with Gasteiger partial charge in [-0.15, -0.1) is 0 Å². The molecule has 0 atom stereocenters. The minimum atomic E-state index is -0.767. The van der Waals surface area contributed by atoms with E-state index in [0.717, 1.165) is 23.6 Å². The van der Waals surface area contributed by atoms with Crippen molar-refractivity contribution in [1.29, 1.82) is 0 Å². The largest absolute Gasteiger partial charge is 0.452 e. The molecule has 0 unspecified atom stereocenters. The number of carbonyl (C=O) groups excluding carboxylic acids is 1. The minimum Gasteiger partial charge on any atom is -0.452 e. The van der Waals surface area contributed by atoms with Gasteiger partial charge in [0.1, 0.15) is 17.2 Å². The first-order valence-corrected chi connectivity index (χ1v) is 6.06. The van der Waals surface area contributed by atoms with Gasteiger partial charge in [-0.25, -0.2) is 8.78 Å². The van der Waals surface area contributed by atoms with Crippen molar-refractivity contribution in [3.05, 3.63) is 71.0 Å². The fourth-order valence-electron chi connectivity index (χ4n) is 2.18. The highest BCUT2D eigenvalue weighted by molar-refractivity contribution is 6.10. The molecule has 0 radical (unpaired) electrons. The second kappa shape index (κ2) is 4.56. The maximum atomic E-state index is 13.7. The number of hydrogen-bond donors (Lipinski definition) is 0. The molecule has 3 rings (SSSR count). The van der Waals surface area contributed by atoms with E-state index in [2.05, 4.69) is 0 Å². The number of carbonyl (C=O) groups is 1. The van der Waals surface area contributed by atoms with Gasteiger partial charge in [-0.3, -0.25) is 4.79 Å². The molecule has 0 spiro atoms. The zero-order valence-electron chi connectivity index (χ0n) is 10.6. The van der Waals surface area contributed by atoms with Crippen LogP contribution >= 0.6 is 0 Å². The maximum absolute atomic E-state index is 13.7. The molecule has 2 nitrogen and oxygen atoms in total. The van der Waals surface area contributed by atoms with E-state index < -0.39 is 17.4 Å². The minimum absolute atomic E-state index is 0.0377. The van der Waals surface area contributed by atoms with Crippen molar-refractivity contribution >= 4 is 16.8 Å². The summed E-state index contributed by atoms with van der Waals surface area (Å²) in [7, 11) is 0. The fourth-order valence-corrected chi connectivity index (χ4v) is 2.18. The Morgan fingerprint density at radius 3 is 2.60 bits per heavy atom. The maximum Gasteiger partial charge on any atom is 0.231 e. The van der Waals surface area contributed by atoms with Crippen LogP contribution in [0.1, 0.15) is 21.7 Å². The number of hydrogen-bond acceptors (Lipinski definition) is 2. The van der Waals surface area contributed by atoms with Crippen LogP contribution in [-0.4, -0.2) is 5.78 Å². The highest BCUT2D eigenvalue weighted by Crippen LogP contribution is 2.27. The molecule has 1 heterocycles. The third-order valence-electron chi connectivity index (χ3n) is 3.22. The van der Waals surface area contributed by atoms with Gasteiger partial charge in [-0.2, -0.15) is 0 Å². The molecule has 20 heavy (non-hydrogen) atoms. The summed E-state index contributed by atoms with van der Waals surface area (Å²) in [5, 5.41) is 0.785. The molecule has 1 aromatic heterocycles. The van der Waals surface area contributed by atoms with Crippen molar-refractivity contribution in [1.82, 2.24) is 0 Å². The van der Waals surface area contributed by atoms with Crippen molar-refractivity contribution in [3.63, 3.8) is 0 Å². The molecular formula is C16H10F2O2. The Hall–Kier alpha value is -2.49. The van der Waals surface area contributed by atoms with Crippen LogP contribution in [0.4, 0.5) is 8.78 Å². The van der Waals surface area contributed by atoms with Crippen LogP contribution in [0.3, 0.4) is 0 Å². The molecule has 0 aliphatic rings. The first kappa shape index (κ1) is 12.5. The van der Waals surface area contributed by atoms with E-state index in [1.807, 2.05) is 12.1 Å². The van der Waals surface area contributed by atoms with Crippen LogP contribution in [0, 0.1) is 18.6 Å². The van der Waals surface area contributed by atoms with E-state index >= 15 is 0 Å². The second-order valence-electron chi connectivity index (χ2n) is 4.51. The summed E-state index contributed by atoms with van der Waals surface area (Å²) in [6.07, 6.45) is 0. The summed E-state index contributed by atoms with van der Waals surface area (Å²) < 4.78 is 32.3. The quantitative estimate of drug-likeness (QED) is 0.653. The molecule has 0 bridgehead atoms. The summed E-state index contributed by atoms with van der Waals surface area (Å²) in [6.45, 7) is 1.72. The first-order valence-electron chi connectivity index (χ1n) is 6.06. The molecule has 100 valence electrons. The Bertz CT molecular complexity index is 818. The molecule has 0 aliphatic heterocycles. The highest BCUT2D eigenvalue weighted by atomic mass is 19.1. The number of benzene rings is 2. The number of rotatable bonds is 2. The summed E-state index contributed by atoms with van der Waals surface area (Å²) in [5.74, 6) is -2.05. The average molecular weight is 272 g/mol. The van der Waals surface area contributed by atoms with Gasteiger partial charge < -0.3 is 4.42 Å². The van der Waals surface area contributed by atoms with Crippen LogP contribution in [0.2, 0.25) is 0 Å². The van der Waals surface area contributed by atoms with E-state index in [1.54, 1.807) is 19.1 Å². The van der Waals surface area contributed by atoms with E-state index in [1.165, 1.54) is 0 Å². The molecule has 0 aliphatic carbocycles. The van der Waals surface area contributed by atoms with Crippen LogP contribution in [0.5, 0.6) is 0 Å². The Morgan fingerprint density at radius 2 is 1.85 bits per heavy atom. The third-order valence-corrected chi connectivity index (χ3v) is 3.22. The smallest absolute Gasteiger partial charge is 0.231 e. The van der Waals surface area contributed by atoms with Gasteiger partial charge >= 0.3 is 0 Å². The lowest BCUT2D eigenvalue weighted by Gasteiger charge is -2.01. The number of para-hydroxylation sites is 1. The lowest BCUT2D eigenvalue weighted by Crippen LogP contribution is -2.05. The van der Waals surface area contributed by atoms with Gasteiger partial charge in [-0.1, -0.05) is 18.2 Å². The Labute approximate surface area is 113 Å². The van der Waals surface area contributed by atoms with Gasteiger partial charge in [0.25, 0.3) is 0 Å². The molecule has 0 saturated carbocycles. The lowest BCUT2D eigenvalue weighted by atomic mass is 10.0. The summed E-state index contributed by atoms with van der Waals surface area (Å²) >= 11 is 0. The van der Waals surface area contributed by atoms with Gasteiger partial charge in [0.2, 0.25) is 5.78 Å². The third kappa shape index (κ3) is 1.90. The number of halogens is 2. The fraction of sp³-hybridized carbons (Fsp3) is 0.0625. The molecule has 2 aromatic carbocycles. The van der Waals surface area contributed by atoms with Crippen LogP contribution in [-0.2, 0) is 0 Å². The predicted octanol–water partition coefficient (Wildman–Crippen LogP) is 4.25. The molecule has 0 fully saturated rings. The van der Waals surface area contributed by atoms with Crippen molar-refractivity contribution in [3.8, 4) is 0 Å². The monoisotopic (exact) mass is 272 g/mol. The number of furan rings is 1. The molecule has 0 amide bonds. The lowest BCUT2D eigenvalue weighted by molar-refractivity contribution is 0.101. The topological polar surface area (TPSA) is 30.2 Å². The van der Waals surface area contributed by atoms with Gasteiger partial charge in [0.15, 0.2) is 5.76 Å². The second-order valence-corrected chi connectivity index (χ2v) is 4.51. The highest BCUT2D eigenvalue weighted by Gasteiger charge is 2.22. The van der Waals surface area contributed by atoms with E-state index in [0.29, 0.717) is 11.1 Å². The Balaban J connectivity index is 2.17. The van der Waals surface area contributed by atoms with Gasteiger partial charge in [0.05, 0.1) is 5.56 Å². The molecular weight excluding hydrogens is 262 g/mol. The van der Waals surface area contributed by atoms with Crippen LogP contribution in [0.15, 0.2) is 46.9 Å². The molecule has 3 aromatic rings. The summed E-state index contributed by atoms with van der Waals surface area (Å²) in [5.41, 5.74) is 0.839. The SMILES string of the molecule is Cc1c(C(=O)c2cc(F)ccc2F)oc2ccccc12. The van der Waals surface area contributed by atoms with Crippen molar-refractivity contribution in [2.75, 3.05) is 0 Å². The number of ketones is 1. The molecule has 0 N–H and O–H groups in total. The molecule has 4 heteroatoms. The zero-order valence-corrected chi connectivity index (χ0v) is 10.6. The number of fused-ring (bicyclic) bond motifs is 1. The van der Waals surface area contributed by atoms with Crippen molar-refractivity contribution in [2.45, 2.75) is 6.92 Å². The summed E-state index contributed by atoms with van der Waals surface area (Å²) in [6, 6.07) is 9.92. The van der Waals surface area contributed by atoms with E-state index in [9.17, 15) is 13.6 Å². The summed E-state index contributed by atoms with van der Waals surface area (Å²) in [4.78, 5) is 12.3. The van der Waals surface area contributed by atoms with Crippen molar-refractivity contribution in [2.24, 2.45) is 0 Å². The average Bonchev–Trinajstić information content (AvgIpc) is 2.79. The first-order chi connectivity index (χ1) is 9.58. The molecule has 0 saturated heterocycles.